The number of aromatic amines is 1. The fourth-order valence-corrected chi connectivity index (χ4v) is 2.91. The number of allylic oxidation sites excluding steroid dienone is 1. The summed E-state index contributed by atoms with van der Waals surface area (Å²) in [6.07, 6.45) is 6.88. The highest BCUT2D eigenvalue weighted by molar-refractivity contribution is 5.97. The summed E-state index contributed by atoms with van der Waals surface area (Å²) in [4.78, 5) is 19.6. The molecule has 3 N–H and O–H groups in total. The van der Waals surface area contributed by atoms with Crippen LogP contribution in [-0.2, 0) is 6.61 Å². The quantitative estimate of drug-likeness (QED) is 0.760. The molecule has 22 heavy (non-hydrogen) atoms. The molecule has 0 saturated heterocycles. The van der Waals surface area contributed by atoms with Crippen molar-refractivity contribution in [3.8, 4) is 0 Å². The monoisotopic (exact) mass is 299 g/mol. The van der Waals surface area contributed by atoms with Crippen LogP contribution in [0.4, 0.5) is 0 Å². The first kappa shape index (κ1) is 14.8. The molecule has 1 atom stereocenters. The highest BCUT2D eigenvalue weighted by atomic mass is 16.3. The number of hydrogen-bond acceptors (Lipinski definition) is 3. The first-order valence-corrected chi connectivity index (χ1v) is 7.76. The minimum atomic E-state index is -0.138. The van der Waals surface area contributed by atoms with Crippen LogP contribution < -0.4 is 5.32 Å². The summed E-state index contributed by atoms with van der Waals surface area (Å²) in [5.74, 6) is 0.425. The number of H-pyrrole nitrogens is 1. The molecule has 0 aliphatic heterocycles. The van der Waals surface area contributed by atoms with Gasteiger partial charge in [0.25, 0.3) is 5.91 Å². The Morgan fingerprint density at radius 2 is 2.32 bits per heavy atom. The molecule has 0 unspecified atom stereocenters. The van der Waals surface area contributed by atoms with Crippen molar-refractivity contribution in [3.05, 3.63) is 41.2 Å². The van der Waals surface area contributed by atoms with Crippen LogP contribution in [0.25, 0.3) is 11.0 Å². The van der Waals surface area contributed by atoms with Gasteiger partial charge in [-0.3, -0.25) is 4.79 Å². The number of aromatic nitrogens is 2. The lowest BCUT2D eigenvalue weighted by molar-refractivity contribution is 0.0944. The van der Waals surface area contributed by atoms with Crippen LogP contribution in [0.1, 0.15) is 48.8 Å². The van der Waals surface area contributed by atoms with E-state index < -0.39 is 0 Å². The van der Waals surface area contributed by atoms with Gasteiger partial charge in [0.05, 0.1) is 11.0 Å². The van der Waals surface area contributed by atoms with Crippen molar-refractivity contribution in [1.82, 2.24) is 15.3 Å². The number of fused-ring (bicyclic) bond motifs is 1. The zero-order chi connectivity index (χ0) is 15.5. The number of imidazole rings is 1. The second-order valence-electron chi connectivity index (χ2n) is 5.79. The zero-order valence-corrected chi connectivity index (χ0v) is 12.7. The van der Waals surface area contributed by atoms with Crippen molar-refractivity contribution in [1.29, 1.82) is 0 Å². The van der Waals surface area contributed by atoms with Crippen LogP contribution in [0.2, 0.25) is 0 Å². The van der Waals surface area contributed by atoms with Crippen molar-refractivity contribution in [2.75, 3.05) is 0 Å². The van der Waals surface area contributed by atoms with Crippen molar-refractivity contribution in [3.63, 3.8) is 0 Å². The maximum Gasteiger partial charge on any atom is 0.251 e. The van der Waals surface area contributed by atoms with E-state index in [1.54, 1.807) is 18.2 Å². The van der Waals surface area contributed by atoms with Gasteiger partial charge in [0.15, 0.2) is 0 Å². The molecule has 0 bridgehead atoms. The highest BCUT2D eigenvalue weighted by Gasteiger charge is 2.15. The van der Waals surface area contributed by atoms with E-state index >= 15 is 0 Å². The third-order valence-corrected chi connectivity index (χ3v) is 4.17. The van der Waals surface area contributed by atoms with E-state index in [-0.39, 0.29) is 18.6 Å². The number of nitrogens with zero attached hydrogens (tertiary/aromatic N) is 1. The number of amides is 1. The number of aliphatic hydroxyl groups is 1. The van der Waals surface area contributed by atoms with Gasteiger partial charge in [-0.05, 0) is 50.8 Å². The summed E-state index contributed by atoms with van der Waals surface area (Å²) in [6.45, 7) is 1.90. The Hall–Kier alpha value is -2.14. The Balaban J connectivity index is 1.75. The molecule has 2 aromatic rings. The molecule has 0 saturated carbocycles. The summed E-state index contributed by atoms with van der Waals surface area (Å²) in [5.41, 5.74) is 3.44. The van der Waals surface area contributed by atoms with E-state index in [1.807, 2.05) is 6.92 Å². The lowest BCUT2D eigenvalue weighted by Gasteiger charge is -2.20. The predicted octanol–water partition coefficient (Wildman–Crippen LogP) is 2.67. The van der Waals surface area contributed by atoms with Gasteiger partial charge in [0.2, 0.25) is 0 Å². The van der Waals surface area contributed by atoms with E-state index in [9.17, 15) is 4.79 Å². The van der Waals surface area contributed by atoms with Gasteiger partial charge in [0, 0.05) is 11.6 Å². The summed E-state index contributed by atoms with van der Waals surface area (Å²) in [5, 5.41) is 12.2. The molecule has 0 radical (unpaired) electrons. The van der Waals surface area contributed by atoms with Crippen molar-refractivity contribution < 1.29 is 9.90 Å². The molecule has 3 rings (SSSR count). The van der Waals surface area contributed by atoms with Crippen LogP contribution in [0, 0.1) is 0 Å². The number of aliphatic hydroxyl groups excluding tert-OH is 1. The van der Waals surface area contributed by atoms with E-state index in [0.717, 1.165) is 23.9 Å². The van der Waals surface area contributed by atoms with Crippen molar-refractivity contribution in [2.45, 2.75) is 45.3 Å². The van der Waals surface area contributed by atoms with Crippen LogP contribution >= 0.6 is 0 Å². The van der Waals surface area contributed by atoms with E-state index in [4.69, 9.17) is 5.11 Å². The zero-order valence-electron chi connectivity index (χ0n) is 12.7. The molecular weight excluding hydrogens is 278 g/mol. The summed E-state index contributed by atoms with van der Waals surface area (Å²) < 4.78 is 0. The second kappa shape index (κ2) is 6.32. The average molecular weight is 299 g/mol. The molecule has 0 spiro atoms. The Morgan fingerprint density at radius 3 is 3.05 bits per heavy atom. The standard InChI is InChI=1S/C17H21N3O2/c1-11(12-5-3-2-4-6-12)18-17(22)13-7-8-14-15(9-13)20-16(10-21)19-14/h5,7-9,11,21H,2-4,6,10H2,1H3,(H,18,22)(H,19,20)/t11-/m1/s1. The number of benzene rings is 1. The number of carbonyl (C=O) groups excluding carboxylic acids is 1. The molecular formula is C17H21N3O2. The smallest absolute Gasteiger partial charge is 0.251 e. The first-order chi connectivity index (χ1) is 10.7. The second-order valence-corrected chi connectivity index (χ2v) is 5.79. The first-order valence-electron chi connectivity index (χ1n) is 7.76. The van der Waals surface area contributed by atoms with E-state index in [0.29, 0.717) is 11.4 Å². The Morgan fingerprint density at radius 1 is 1.45 bits per heavy atom. The van der Waals surface area contributed by atoms with Crippen molar-refractivity contribution in [2.24, 2.45) is 0 Å². The molecule has 116 valence electrons. The summed E-state index contributed by atoms with van der Waals surface area (Å²) in [6, 6.07) is 5.41. The normalized spacial score (nSPS) is 16.4. The molecule has 1 heterocycles. The minimum absolute atomic E-state index is 0.0678. The van der Waals surface area contributed by atoms with Crippen LogP contribution in [0.5, 0.6) is 0 Å². The Labute approximate surface area is 129 Å². The minimum Gasteiger partial charge on any atom is -0.388 e. The number of hydrogen-bond donors (Lipinski definition) is 3. The van der Waals surface area contributed by atoms with Gasteiger partial charge < -0.3 is 15.4 Å². The fraction of sp³-hybridized carbons (Fsp3) is 0.412. The van der Waals surface area contributed by atoms with E-state index in [1.165, 1.54) is 18.4 Å². The number of carbonyl (C=O) groups is 1. The molecule has 0 fully saturated rings. The van der Waals surface area contributed by atoms with Gasteiger partial charge in [-0.2, -0.15) is 0 Å². The van der Waals surface area contributed by atoms with Crippen LogP contribution in [-0.4, -0.2) is 27.0 Å². The summed E-state index contributed by atoms with van der Waals surface area (Å²) >= 11 is 0. The third kappa shape index (κ3) is 3.04. The molecule has 5 nitrogen and oxygen atoms in total. The molecule has 1 aromatic heterocycles. The molecule has 1 aliphatic rings. The molecule has 1 amide bonds. The van der Waals surface area contributed by atoms with Gasteiger partial charge in [0.1, 0.15) is 12.4 Å². The average Bonchev–Trinajstić information content (AvgIpc) is 2.97. The van der Waals surface area contributed by atoms with Crippen LogP contribution in [0.3, 0.4) is 0 Å². The van der Waals surface area contributed by atoms with Gasteiger partial charge in [-0.25, -0.2) is 4.98 Å². The predicted molar refractivity (Wildman–Crippen MR) is 85.5 cm³/mol. The summed E-state index contributed by atoms with van der Waals surface area (Å²) in [7, 11) is 0. The maximum absolute atomic E-state index is 12.4. The van der Waals surface area contributed by atoms with E-state index in [2.05, 4.69) is 21.4 Å². The largest absolute Gasteiger partial charge is 0.388 e. The third-order valence-electron chi connectivity index (χ3n) is 4.17. The number of nitrogens with one attached hydrogen (secondary N) is 2. The van der Waals surface area contributed by atoms with Gasteiger partial charge >= 0.3 is 0 Å². The molecule has 1 aromatic carbocycles. The molecule has 5 heteroatoms. The Bertz CT molecular complexity index is 718. The maximum atomic E-state index is 12.4. The van der Waals surface area contributed by atoms with Crippen molar-refractivity contribution >= 4 is 16.9 Å². The molecule has 1 aliphatic carbocycles. The van der Waals surface area contributed by atoms with Gasteiger partial charge in [-0.1, -0.05) is 11.6 Å². The number of rotatable bonds is 4. The lowest BCUT2D eigenvalue weighted by atomic mass is 9.94. The van der Waals surface area contributed by atoms with Gasteiger partial charge in [-0.15, -0.1) is 0 Å². The SMILES string of the molecule is C[C@@H](NC(=O)c1ccc2nc(CO)[nH]c2c1)C1=CCCCC1. The van der Waals surface area contributed by atoms with Crippen LogP contribution in [0.15, 0.2) is 29.8 Å². The highest BCUT2D eigenvalue weighted by Crippen LogP contribution is 2.20. The fourth-order valence-electron chi connectivity index (χ4n) is 2.91. The topological polar surface area (TPSA) is 78.0 Å². The Kier molecular flexibility index (Phi) is 4.24. The lowest BCUT2D eigenvalue weighted by Crippen LogP contribution is -2.34.